The van der Waals surface area contributed by atoms with Crippen molar-refractivity contribution in [1.82, 2.24) is 4.90 Å². The number of nitrogens with zero attached hydrogens (tertiary/aromatic N) is 1. The van der Waals surface area contributed by atoms with Gasteiger partial charge in [0.05, 0.1) is 0 Å². The summed E-state index contributed by atoms with van der Waals surface area (Å²) < 4.78 is 0.861. The Morgan fingerprint density at radius 1 is 1.44 bits per heavy atom. The van der Waals surface area contributed by atoms with E-state index in [-0.39, 0.29) is 5.91 Å². The fraction of sp³-hybridized carbons (Fsp3) is 0.385. The zero-order chi connectivity index (χ0) is 13.3. The number of carboxylic acid groups (broad SMARTS) is 1. The van der Waals surface area contributed by atoms with Crippen LogP contribution in [0.3, 0.4) is 0 Å². The van der Waals surface area contributed by atoms with Crippen molar-refractivity contribution in [2.24, 2.45) is 0 Å². The summed E-state index contributed by atoms with van der Waals surface area (Å²) in [5.74, 6) is -1.12. The second kappa shape index (κ2) is 5.10. The third-order valence-electron chi connectivity index (χ3n) is 3.30. The number of carbonyl (C=O) groups is 2. The average Bonchev–Trinajstić information content (AvgIpc) is 2.81. The lowest BCUT2D eigenvalue weighted by atomic mass is 10.1. The van der Waals surface area contributed by atoms with Gasteiger partial charge in [-0.25, -0.2) is 4.79 Å². The summed E-state index contributed by atoms with van der Waals surface area (Å²) >= 11 is 3.38. The zero-order valence-electron chi connectivity index (χ0n) is 10.0. The lowest BCUT2D eigenvalue weighted by Crippen LogP contribution is -2.40. The molecule has 1 atom stereocenters. The average molecular weight is 312 g/mol. The summed E-state index contributed by atoms with van der Waals surface area (Å²) in [6.45, 7) is 2.37. The number of carbonyl (C=O) groups excluding carboxylic acids is 1. The Morgan fingerprint density at radius 3 is 2.83 bits per heavy atom. The van der Waals surface area contributed by atoms with Gasteiger partial charge in [-0.05, 0) is 37.5 Å². The molecule has 1 saturated heterocycles. The SMILES string of the molecule is Cc1c(Br)cccc1C(=O)N1CCC[C@@H]1C(=O)O. The third-order valence-corrected chi connectivity index (χ3v) is 4.16. The monoisotopic (exact) mass is 311 g/mol. The fourth-order valence-electron chi connectivity index (χ4n) is 2.26. The molecule has 0 unspecified atom stereocenters. The number of rotatable bonds is 2. The zero-order valence-corrected chi connectivity index (χ0v) is 11.6. The van der Waals surface area contributed by atoms with Crippen molar-refractivity contribution >= 4 is 27.8 Å². The van der Waals surface area contributed by atoms with Crippen molar-refractivity contribution in [1.29, 1.82) is 0 Å². The van der Waals surface area contributed by atoms with Gasteiger partial charge in [-0.3, -0.25) is 4.79 Å². The molecule has 1 aliphatic heterocycles. The van der Waals surface area contributed by atoms with E-state index in [2.05, 4.69) is 15.9 Å². The molecule has 1 amide bonds. The topological polar surface area (TPSA) is 57.6 Å². The molecular weight excluding hydrogens is 298 g/mol. The summed E-state index contributed by atoms with van der Waals surface area (Å²) in [4.78, 5) is 24.9. The van der Waals surface area contributed by atoms with E-state index in [9.17, 15) is 9.59 Å². The van der Waals surface area contributed by atoms with E-state index < -0.39 is 12.0 Å². The van der Waals surface area contributed by atoms with Crippen LogP contribution in [-0.2, 0) is 4.79 Å². The molecule has 0 spiro atoms. The van der Waals surface area contributed by atoms with Crippen molar-refractivity contribution in [3.8, 4) is 0 Å². The second-order valence-electron chi connectivity index (χ2n) is 4.41. The molecular formula is C13H14BrNO3. The molecule has 0 aromatic heterocycles. The summed E-state index contributed by atoms with van der Waals surface area (Å²) in [5, 5.41) is 9.10. The van der Waals surface area contributed by atoms with Crippen molar-refractivity contribution in [3.05, 3.63) is 33.8 Å². The first kappa shape index (κ1) is 13.1. The van der Waals surface area contributed by atoms with E-state index in [1.165, 1.54) is 4.90 Å². The van der Waals surface area contributed by atoms with Crippen LogP contribution in [0.15, 0.2) is 22.7 Å². The van der Waals surface area contributed by atoms with Crippen LogP contribution < -0.4 is 0 Å². The van der Waals surface area contributed by atoms with E-state index in [4.69, 9.17) is 5.11 Å². The number of benzene rings is 1. The normalized spacial score (nSPS) is 19.0. The molecule has 1 aromatic rings. The minimum atomic E-state index is -0.923. The van der Waals surface area contributed by atoms with Gasteiger partial charge < -0.3 is 10.0 Å². The highest BCUT2D eigenvalue weighted by Gasteiger charge is 2.34. The molecule has 0 aliphatic carbocycles. The van der Waals surface area contributed by atoms with Crippen molar-refractivity contribution in [3.63, 3.8) is 0 Å². The van der Waals surface area contributed by atoms with Gasteiger partial charge in [0.1, 0.15) is 6.04 Å². The van der Waals surface area contributed by atoms with Gasteiger partial charge in [0.25, 0.3) is 5.91 Å². The molecule has 0 saturated carbocycles. The van der Waals surface area contributed by atoms with E-state index >= 15 is 0 Å². The number of carboxylic acids is 1. The third kappa shape index (κ3) is 2.27. The van der Waals surface area contributed by atoms with Crippen molar-refractivity contribution < 1.29 is 14.7 Å². The van der Waals surface area contributed by atoms with Crippen LogP contribution in [-0.4, -0.2) is 34.5 Å². The highest BCUT2D eigenvalue weighted by Crippen LogP contribution is 2.25. The molecule has 2 rings (SSSR count). The number of hydrogen-bond acceptors (Lipinski definition) is 2. The molecule has 1 N–H and O–H groups in total. The van der Waals surface area contributed by atoms with E-state index in [1.807, 2.05) is 13.0 Å². The van der Waals surface area contributed by atoms with Crippen LogP contribution in [0.5, 0.6) is 0 Å². The highest BCUT2D eigenvalue weighted by molar-refractivity contribution is 9.10. The maximum absolute atomic E-state index is 12.4. The Kier molecular flexibility index (Phi) is 3.71. The fourth-order valence-corrected chi connectivity index (χ4v) is 2.63. The first-order chi connectivity index (χ1) is 8.52. The number of aliphatic carboxylic acids is 1. The number of halogens is 1. The lowest BCUT2D eigenvalue weighted by Gasteiger charge is -2.22. The molecule has 5 heteroatoms. The molecule has 18 heavy (non-hydrogen) atoms. The van der Waals surface area contributed by atoms with Crippen LogP contribution in [0.25, 0.3) is 0 Å². The quantitative estimate of drug-likeness (QED) is 0.912. The summed E-state index contributed by atoms with van der Waals surface area (Å²) in [6, 6.07) is 4.71. The summed E-state index contributed by atoms with van der Waals surface area (Å²) in [6.07, 6.45) is 1.28. The van der Waals surface area contributed by atoms with Gasteiger partial charge in [-0.15, -0.1) is 0 Å². The lowest BCUT2D eigenvalue weighted by molar-refractivity contribution is -0.141. The van der Waals surface area contributed by atoms with Crippen LogP contribution in [0, 0.1) is 6.92 Å². The number of hydrogen-bond donors (Lipinski definition) is 1. The van der Waals surface area contributed by atoms with E-state index in [0.29, 0.717) is 18.5 Å². The number of likely N-dealkylation sites (tertiary alicyclic amines) is 1. The van der Waals surface area contributed by atoms with E-state index in [1.54, 1.807) is 12.1 Å². The summed E-state index contributed by atoms with van der Waals surface area (Å²) in [5.41, 5.74) is 1.41. The van der Waals surface area contributed by atoms with Gasteiger partial charge in [0, 0.05) is 16.6 Å². The molecule has 4 nitrogen and oxygen atoms in total. The Labute approximate surface area is 114 Å². The molecule has 0 radical (unpaired) electrons. The standard InChI is InChI=1S/C13H14BrNO3/c1-8-9(4-2-5-10(8)14)12(16)15-7-3-6-11(15)13(17)18/h2,4-5,11H,3,6-7H2,1H3,(H,17,18)/t11-/m1/s1. The highest BCUT2D eigenvalue weighted by atomic mass is 79.9. The number of amides is 1. The Hall–Kier alpha value is -1.36. The van der Waals surface area contributed by atoms with E-state index in [0.717, 1.165) is 16.5 Å². The molecule has 1 heterocycles. The molecule has 1 aliphatic rings. The largest absolute Gasteiger partial charge is 0.480 e. The summed E-state index contributed by atoms with van der Waals surface area (Å²) in [7, 11) is 0. The predicted molar refractivity (Wildman–Crippen MR) is 70.6 cm³/mol. The predicted octanol–water partition coefficient (Wildman–Crippen LogP) is 2.45. The van der Waals surface area contributed by atoms with Gasteiger partial charge in [-0.2, -0.15) is 0 Å². The first-order valence-electron chi connectivity index (χ1n) is 5.81. The maximum atomic E-state index is 12.4. The minimum absolute atomic E-state index is 0.196. The van der Waals surface area contributed by atoms with Gasteiger partial charge in [-0.1, -0.05) is 22.0 Å². The Balaban J connectivity index is 2.31. The molecule has 0 bridgehead atoms. The van der Waals surface area contributed by atoms with Gasteiger partial charge in [0.15, 0.2) is 0 Å². The van der Waals surface area contributed by atoms with Crippen LogP contribution in [0.1, 0.15) is 28.8 Å². The van der Waals surface area contributed by atoms with Crippen LogP contribution in [0.4, 0.5) is 0 Å². The smallest absolute Gasteiger partial charge is 0.326 e. The van der Waals surface area contributed by atoms with Crippen molar-refractivity contribution in [2.75, 3.05) is 6.54 Å². The molecule has 96 valence electrons. The first-order valence-corrected chi connectivity index (χ1v) is 6.60. The molecule has 1 aromatic carbocycles. The van der Waals surface area contributed by atoms with Crippen LogP contribution >= 0.6 is 15.9 Å². The van der Waals surface area contributed by atoms with Gasteiger partial charge >= 0.3 is 5.97 Å². The Bertz CT molecular complexity index is 501. The second-order valence-corrected chi connectivity index (χ2v) is 5.26. The van der Waals surface area contributed by atoms with Gasteiger partial charge in [0.2, 0.25) is 0 Å². The molecule has 1 fully saturated rings. The van der Waals surface area contributed by atoms with Crippen molar-refractivity contribution in [2.45, 2.75) is 25.8 Å². The minimum Gasteiger partial charge on any atom is -0.480 e. The van der Waals surface area contributed by atoms with Crippen LogP contribution in [0.2, 0.25) is 0 Å². The maximum Gasteiger partial charge on any atom is 0.326 e. The Morgan fingerprint density at radius 2 is 2.17 bits per heavy atom.